The molecule has 0 fully saturated rings. The number of nitrogens with zero attached hydrogens (tertiary/aromatic N) is 4. The lowest BCUT2D eigenvalue weighted by Crippen LogP contribution is -2.35. The van der Waals surface area contributed by atoms with Gasteiger partial charge in [-0.05, 0) is 0 Å². The first kappa shape index (κ1) is 22.1. The van der Waals surface area contributed by atoms with Gasteiger partial charge in [-0.3, -0.25) is 25.1 Å². The minimum atomic E-state index is -5.20. The van der Waals surface area contributed by atoms with Gasteiger partial charge in [0.15, 0.2) is 6.61 Å². The molecule has 1 aliphatic heterocycles. The topological polar surface area (TPSA) is 137 Å². The van der Waals surface area contributed by atoms with Crippen molar-refractivity contribution in [3.8, 4) is 12.3 Å². The highest BCUT2D eigenvalue weighted by atomic mass is 35.5. The lowest BCUT2D eigenvalue weighted by molar-refractivity contribution is -0.392. The molecule has 0 bridgehead atoms. The van der Waals surface area contributed by atoms with E-state index < -0.39 is 49.3 Å². The SMILES string of the molecule is C#CCOC1=NC(Cl)N(c2c([N+](=O)[O-])cc(C(F)(F)F)c(Cl)c2[N+](=O)[O-])C=C1N. The summed E-state index contributed by atoms with van der Waals surface area (Å²) in [6, 6.07) is 0.0619. The molecule has 1 aromatic carbocycles. The van der Waals surface area contributed by atoms with Crippen LogP contribution in [0.5, 0.6) is 0 Å². The second-order valence-corrected chi connectivity index (χ2v) is 5.96. The molecule has 1 unspecified atom stereocenters. The smallest absolute Gasteiger partial charge is 0.418 e. The molecular formula is C14H8Cl2F3N5O5. The van der Waals surface area contributed by atoms with Crippen LogP contribution in [0.1, 0.15) is 5.56 Å². The Bertz CT molecular complexity index is 989. The number of nitrogens with two attached hydrogens (primary N) is 1. The van der Waals surface area contributed by atoms with Gasteiger partial charge in [0.2, 0.25) is 17.2 Å². The Morgan fingerprint density at radius 3 is 2.48 bits per heavy atom. The fourth-order valence-corrected chi connectivity index (χ4v) is 2.85. The molecule has 29 heavy (non-hydrogen) atoms. The van der Waals surface area contributed by atoms with E-state index in [2.05, 4.69) is 10.9 Å². The van der Waals surface area contributed by atoms with Crippen LogP contribution in [-0.2, 0) is 10.9 Å². The summed E-state index contributed by atoms with van der Waals surface area (Å²) in [5, 5.41) is 21.5. The normalized spacial score (nSPS) is 16.6. The summed E-state index contributed by atoms with van der Waals surface area (Å²) in [5.74, 6) is 1.86. The highest BCUT2D eigenvalue weighted by Crippen LogP contribution is 2.50. The minimum Gasteiger partial charge on any atom is -0.463 e. The molecule has 154 valence electrons. The lowest BCUT2D eigenvalue weighted by Gasteiger charge is -2.28. The van der Waals surface area contributed by atoms with Gasteiger partial charge in [0, 0.05) is 12.3 Å². The average Bonchev–Trinajstić information content (AvgIpc) is 2.59. The van der Waals surface area contributed by atoms with Gasteiger partial charge in [0.05, 0.1) is 15.4 Å². The van der Waals surface area contributed by atoms with E-state index in [9.17, 15) is 33.4 Å². The maximum absolute atomic E-state index is 13.2. The van der Waals surface area contributed by atoms with E-state index in [4.69, 9.17) is 40.1 Å². The van der Waals surface area contributed by atoms with E-state index in [0.717, 1.165) is 6.20 Å². The molecular weight excluding hydrogens is 446 g/mol. The molecule has 0 amide bonds. The van der Waals surface area contributed by atoms with Crippen LogP contribution in [0.3, 0.4) is 0 Å². The maximum atomic E-state index is 13.2. The summed E-state index contributed by atoms with van der Waals surface area (Å²) in [5.41, 5.74) is -1.61. The number of halogens is 5. The van der Waals surface area contributed by atoms with Crippen LogP contribution < -0.4 is 10.6 Å². The minimum absolute atomic E-state index is 0.0619. The predicted molar refractivity (Wildman–Crippen MR) is 96.4 cm³/mol. The molecule has 1 heterocycles. The van der Waals surface area contributed by atoms with Crippen LogP contribution in [0.15, 0.2) is 23.0 Å². The first-order valence-corrected chi connectivity index (χ1v) is 7.98. The van der Waals surface area contributed by atoms with Gasteiger partial charge in [-0.15, -0.1) is 6.42 Å². The standard InChI is InChI=1S/C14H8Cl2F3N5O5/c1-2-3-29-12-7(20)5-22(13(16)21-12)10-8(23(25)26)4-6(14(17,18)19)9(15)11(10)24(27)28/h1,4-5,13H,3,20H2. The fourth-order valence-electron chi connectivity index (χ4n) is 2.29. The molecule has 0 saturated carbocycles. The van der Waals surface area contributed by atoms with Crippen molar-refractivity contribution < 1.29 is 27.8 Å². The summed E-state index contributed by atoms with van der Waals surface area (Å²) in [6.07, 6.45) is 0.699. The first-order valence-electron chi connectivity index (χ1n) is 7.16. The van der Waals surface area contributed by atoms with Crippen molar-refractivity contribution in [2.75, 3.05) is 11.5 Å². The molecule has 1 aliphatic rings. The molecule has 0 radical (unpaired) electrons. The Labute approximate surface area is 169 Å². The molecule has 0 aliphatic carbocycles. The molecule has 1 aromatic rings. The second kappa shape index (κ2) is 8.02. The summed E-state index contributed by atoms with van der Waals surface area (Å²) in [7, 11) is 0. The first-order chi connectivity index (χ1) is 13.4. The van der Waals surface area contributed by atoms with Gasteiger partial charge < -0.3 is 10.5 Å². The second-order valence-electron chi connectivity index (χ2n) is 5.20. The maximum Gasteiger partial charge on any atom is 0.418 e. The van der Waals surface area contributed by atoms with E-state index >= 15 is 0 Å². The number of terminal acetylenes is 1. The number of hydrogen-bond donors (Lipinski definition) is 1. The molecule has 10 nitrogen and oxygen atoms in total. The number of nitro benzene ring substituents is 2. The van der Waals surface area contributed by atoms with Crippen molar-refractivity contribution in [1.82, 2.24) is 0 Å². The van der Waals surface area contributed by atoms with Crippen LogP contribution in [0, 0.1) is 32.6 Å². The Balaban J connectivity index is 2.78. The Kier molecular flexibility index (Phi) is 6.10. The number of benzene rings is 1. The third-order valence-corrected chi connectivity index (χ3v) is 4.10. The van der Waals surface area contributed by atoms with E-state index in [1.54, 1.807) is 0 Å². The monoisotopic (exact) mass is 453 g/mol. The molecule has 2 rings (SSSR count). The Morgan fingerprint density at radius 2 is 2.00 bits per heavy atom. The van der Waals surface area contributed by atoms with Crippen molar-refractivity contribution >= 4 is 46.2 Å². The third kappa shape index (κ3) is 4.28. The number of hydrogen-bond acceptors (Lipinski definition) is 8. The fraction of sp³-hybridized carbons (Fsp3) is 0.214. The average molecular weight is 454 g/mol. The van der Waals surface area contributed by atoms with Crippen molar-refractivity contribution in [3.05, 3.63) is 48.8 Å². The van der Waals surface area contributed by atoms with Gasteiger partial charge in [-0.2, -0.15) is 13.2 Å². The van der Waals surface area contributed by atoms with Gasteiger partial charge >= 0.3 is 17.6 Å². The zero-order valence-electron chi connectivity index (χ0n) is 13.8. The van der Waals surface area contributed by atoms with Gasteiger partial charge in [-0.25, -0.2) is 4.99 Å². The summed E-state index contributed by atoms with van der Waals surface area (Å²) >= 11 is 11.6. The summed E-state index contributed by atoms with van der Waals surface area (Å²) in [4.78, 5) is 24.7. The molecule has 0 aromatic heterocycles. The summed E-state index contributed by atoms with van der Waals surface area (Å²) in [6.45, 7) is -0.261. The van der Waals surface area contributed by atoms with Gasteiger partial charge in [-0.1, -0.05) is 29.1 Å². The van der Waals surface area contributed by atoms with E-state index in [0.29, 0.717) is 4.90 Å². The molecule has 1 atom stereocenters. The summed E-state index contributed by atoms with van der Waals surface area (Å²) < 4.78 is 44.5. The highest BCUT2D eigenvalue weighted by Gasteiger charge is 2.44. The number of aliphatic imine (C=N–C) groups is 1. The van der Waals surface area contributed by atoms with Crippen molar-refractivity contribution in [2.24, 2.45) is 10.7 Å². The van der Waals surface area contributed by atoms with Crippen LogP contribution in [-0.4, -0.2) is 28.0 Å². The number of nitro groups is 2. The van der Waals surface area contributed by atoms with Gasteiger partial charge in [0.25, 0.3) is 0 Å². The quantitative estimate of drug-likeness (QED) is 0.242. The van der Waals surface area contributed by atoms with E-state index in [1.807, 2.05) is 0 Å². The van der Waals surface area contributed by atoms with Crippen molar-refractivity contribution in [1.29, 1.82) is 0 Å². The molecule has 0 spiro atoms. The number of alkyl halides is 4. The highest BCUT2D eigenvalue weighted by molar-refractivity contribution is 6.34. The Morgan fingerprint density at radius 1 is 1.38 bits per heavy atom. The van der Waals surface area contributed by atoms with Crippen LogP contribution in [0.2, 0.25) is 5.02 Å². The van der Waals surface area contributed by atoms with Crippen molar-refractivity contribution in [3.63, 3.8) is 0 Å². The van der Waals surface area contributed by atoms with E-state index in [-0.39, 0.29) is 24.3 Å². The third-order valence-electron chi connectivity index (χ3n) is 3.41. The van der Waals surface area contributed by atoms with Crippen LogP contribution in [0.4, 0.5) is 30.2 Å². The molecule has 0 saturated heterocycles. The lowest BCUT2D eigenvalue weighted by atomic mass is 10.1. The largest absolute Gasteiger partial charge is 0.463 e. The zero-order chi connectivity index (χ0) is 22.1. The van der Waals surface area contributed by atoms with Gasteiger partial charge in [0.1, 0.15) is 10.7 Å². The Hall–Kier alpha value is -3.24. The molecule has 2 N–H and O–H groups in total. The zero-order valence-corrected chi connectivity index (χ0v) is 15.3. The van der Waals surface area contributed by atoms with E-state index in [1.165, 1.54) is 0 Å². The number of rotatable bonds is 4. The predicted octanol–water partition coefficient (Wildman–Crippen LogP) is 3.37. The van der Waals surface area contributed by atoms with Crippen molar-refractivity contribution in [2.45, 2.75) is 11.8 Å². The number of ether oxygens (including phenoxy) is 1. The molecule has 15 heteroatoms. The van der Waals surface area contributed by atoms with Crippen LogP contribution >= 0.6 is 23.2 Å². The van der Waals surface area contributed by atoms with Crippen LogP contribution in [0.25, 0.3) is 0 Å². The number of anilines is 1.